The van der Waals surface area contributed by atoms with Crippen LogP contribution in [-0.2, 0) is 11.8 Å². The van der Waals surface area contributed by atoms with Gasteiger partial charge in [-0.25, -0.2) is 14.8 Å². The molecule has 180 valence electrons. The van der Waals surface area contributed by atoms with Crippen molar-refractivity contribution in [2.24, 2.45) is 7.05 Å². The second-order valence-corrected chi connectivity index (χ2v) is 9.26. The van der Waals surface area contributed by atoms with E-state index in [-0.39, 0.29) is 17.8 Å². The second kappa shape index (κ2) is 8.96. The molecule has 35 heavy (non-hydrogen) atoms. The second-order valence-electron chi connectivity index (χ2n) is 7.81. The normalized spacial score (nSPS) is 17.4. The van der Waals surface area contributed by atoms with E-state index in [1.54, 1.807) is 12.1 Å². The van der Waals surface area contributed by atoms with Crippen LogP contribution in [0, 0.1) is 0 Å². The number of nitrogens with zero attached hydrogens (tertiary/aromatic N) is 5. The first-order chi connectivity index (χ1) is 16.7. The van der Waals surface area contributed by atoms with Crippen molar-refractivity contribution in [2.45, 2.75) is 34.5 Å². The van der Waals surface area contributed by atoms with Crippen LogP contribution >= 0.6 is 23.4 Å². The zero-order chi connectivity index (χ0) is 24.7. The number of esters is 1. The van der Waals surface area contributed by atoms with Gasteiger partial charge in [0.05, 0.1) is 12.1 Å². The summed E-state index contributed by atoms with van der Waals surface area (Å²) in [4.78, 5) is 18.5. The molecule has 14 heteroatoms. The van der Waals surface area contributed by atoms with Crippen molar-refractivity contribution >= 4 is 29.3 Å². The molecule has 0 unspecified atom stereocenters. The molecule has 1 fully saturated rings. The van der Waals surface area contributed by atoms with E-state index in [0.29, 0.717) is 32.2 Å². The lowest BCUT2D eigenvalue weighted by Crippen LogP contribution is -2.36. The average Bonchev–Trinajstić information content (AvgIpc) is 3.32. The van der Waals surface area contributed by atoms with Crippen LogP contribution in [0.4, 0.5) is 13.2 Å². The van der Waals surface area contributed by atoms with E-state index >= 15 is 0 Å². The number of ether oxygens (including phenoxy) is 1. The van der Waals surface area contributed by atoms with Crippen LogP contribution in [0.2, 0.25) is 5.02 Å². The molecule has 0 saturated heterocycles. The maximum atomic E-state index is 12.8. The van der Waals surface area contributed by atoms with Crippen molar-refractivity contribution in [1.29, 1.82) is 0 Å². The summed E-state index contributed by atoms with van der Waals surface area (Å²) in [5, 5.41) is 15.6. The summed E-state index contributed by atoms with van der Waals surface area (Å²) in [5.74, 6) is -1.20. The molecule has 1 aromatic carbocycles. The Hall–Kier alpha value is -3.45. The molecule has 1 aliphatic carbocycles. The highest BCUT2D eigenvalue weighted by molar-refractivity contribution is 7.99. The van der Waals surface area contributed by atoms with Gasteiger partial charge in [0, 0.05) is 17.7 Å². The van der Waals surface area contributed by atoms with Gasteiger partial charge in [-0.15, -0.1) is 10.2 Å². The molecule has 0 amide bonds. The van der Waals surface area contributed by atoms with Gasteiger partial charge >= 0.3 is 18.2 Å². The molecule has 5 rings (SSSR count). The van der Waals surface area contributed by atoms with Crippen molar-refractivity contribution in [3.05, 3.63) is 59.0 Å². The Balaban J connectivity index is 1.46. The smallest absolute Gasteiger partial charge is 0.350 e. The third-order valence-electron chi connectivity index (χ3n) is 5.49. The van der Waals surface area contributed by atoms with Gasteiger partial charge in [-0.2, -0.15) is 23.0 Å². The van der Waals surface area contributed by atoms with Gasteiger partial charge in [0.1, 0.15) is 5.03 Å². The van der Waals surface area contributed by atoms with E-state index in [2.05, 4.69) is 35.3 Å². The summed E-state index contributed by atoms with van der Waals surface area (Å²) in [5.41, 5.74) is 2.24. The molecule has 0 spiro atoms. The first-order valence-electron chi connectivity index (χ1n) is 10.2. The summed E-state index contributed by atoms with van der Waals surface area (Å²) in [6.07, 6.45) is -2.77. The number of hydrogen-bond acceptors (Lipinski definition) is 7. The lowest BCUT2D eigenvalue weighted by atomic mass is 10.1. The summed E-state index contributed by atoms with van der Waals surface area (Å²) in [6, 6.07) is 10.6. The Kier molecular flexibility index (Phi) is 5.97. The highest BCUT2D eigenvalue weighted by atomic mass is 35.5. The van der Waals surface area contributed by atoms with Crippen molar-refractivity contribution in [2.75, 3.05) is 0 Å². The predicted molar refractivity (Wildman–Crippen MR) is 117 cm³/mol. The summed E-state index contributed by atoms with van der Waals surface area (Å²) in [6.45, 7) is 0. The molecular formula is C21H16ClF3N7O2S+. The molecule has 3 aromatic heterocycles. The predicted octanol–water partition coefficient (Wildman–Crippen LogP) is 3.96. The number of benzene rings is 1. The minimum atomic E-state index is -5.13. The monoisotopic (exact) mass is 522 g/mol. The minimum absolute atomic E-state index is 0.193. The van der Waals surface area contributed by atoms with Gasteiger partial charge in [0.2, 0.25) is 5.03 Å². The van der Waals surface area contributed by atoms with Crippen LogP contribution in [0.3, 0.4) is 0 Å². The minimum Gasteiger partial charge on any atom is -0.350 e. The van der Waals surface area contributed by atoms with Crippen molar-refractivity contribution in [1.82, 2.24) is 30.6 Å². The van der Waals surface area contributed by atoms with Gasteiger partial charge in [-0.05, 0) is 41.8 Å². The Morgan fingerprint density at radius 1 is 1.20 bits per heavy atom. The first-order valence-corrected chi connectivity index (χ1v) is 11.4. The van der Waals surface area contributed by atoms with E-state index in [1.165, 1.54) is 29.6 Å². The number of pyridine rings is 1. The lowest BCUT2D eigenvalue weighted by Gasteiger charge is -2.03. The molecule has 0 bridgehead atoms. The number of aromatic amines is 2. The third kappa shape index (κ3) is 4.86. The quantitative estimate of drug-likeness (QED) is 0.291. The zero-order valence-corrected chi connectivity index (χ0v) is 19.4. The van der Waals surface area contributed by atoms with Crippen LogP contribution in [0.15, 0.2) is 52.6 Å². The fraction of sp³-hybridized carbons (Fsp3) is 0.238. The Morgan fingerprint density at radius 2 is 1.97 bits per heavy atom. The number of carbonyl (C=O) groups is 1. The third-order valence-corrected chi connectivity index (χ3v) is 6.83. The summed E-state index contributed by atoms with van der Waals surface area (Å²) in [7, 11) is 1.49. The van der Waals surface area contributed by atoms with Crippen LogP contribution in [0.25, 0.3) is 11.3 Å². The number of imidazole rings is 1. The fourth-order valence-corrected chi connectivity index (χ4v) is 4.70. The van der Waals surface area contributed by atoms with Crippen molar-refractivity contribution in [3.63, 3.8) is 0 Å². The molecule has 9 nitrogen and oxygen atoms in total. The van der Waals surface area contributed by atoms with Gasteiger partial charge < -0.3 is 4.74 Å². The number of tetrazole rings is 1. The maximum Gasteiger partial charge on any atom is 0.491 e. The average molecular weight is 523 g/mol. The Morgan fingerprint density at radius 3 is 2.60 bits per heavy atom. The number of nitrogens with one attached hydrogen (secondary N) is 2. The van der Waals surface area contributed by atoms with E-state index in [1.807, 2.05) is 24.3 Å². The van der Waals surface area contributed by atoms with Gasteiger partial charge in [0.15, 0.2) is 11.5 Å². The SMILES string of the molecule is C[n+]1c(OC(=O)C(F)(F)F)[nH]c(-c2ccc([C@H]3C[C@@H]3c3nn[nH]n3)cc2)c1Sc1ccc(Cl)cn1. The molecule has 1 aliphatic rings. The maximum absolute atomic E-state index is 12.8. The van der Waals surface area contributed by atoms with Crippen LogP contribution in [0.1, 0.15) is 29.6 Å². The molecule has 0 radical (unpaired) electrons. The van der Waals surface area contributed by atoms with Gasteiger partial charge in [-0.3, -0.25) is 0 Å². The molecule has 4 aromatic rings. The van der Waals surface area contributed by atoms with Gasteiger partial charge in [-0.1, -0.05) is 41.1 Å². The fourth-order valence-electron chi connectivity index (χ4n) is 3.65. The van der Waals surface area contributed by atoms with Crippen LogP contribution < -0.4 is 9.30 Å². The number of hydrogen-bond donors (Lipinski definition) is 2. The highest BCUT2D eigenvalue weighted by Gasteiger charge is 2.44. The van der Waals surface area contributed by atoms with E-state index in [4.69, 9.17) is 11.6 Å². The van der Waals surface area contributed by atoms with E-state index in [0.717, 1.165) is 12.0 Å². The number of rotatable bonds is 6. The van der Waals surface area contributed by atoms with Crippen molar-refractivity contribution in [3.8, 4) is 17.3 Å². The number of H-pyrrole nitrogens is 2. The summed E-state index contributed by atoms with van der Waals surface area (Å²) < 4.78 is 44.3. The molecule has 1 saturated carbocycles. The summed E-state index contributed by atoms with van der Waals surface area (Å²) >= 11 is 7.09. The molecule has 3 heterocycles. The number of alkyl halides is 3. The van der Waals surface area contributed by atoms with Crippen LogP contribution in [0.5, 0.6) is 6.01 Å². The molecule has 2 N–H and O–H groups in total. The number of carbonyl (C=O) groups excluding carboxylic acids is 1. The first kappa shape index (κ1) is 23.3. The highest BCUT2D eigenvalue weighted by Crippen LogP contribution is 2.53. The topological polar surface area (TPSA) is 113 Å². The zero-order valence-electron chi connectivity index (χ0n) is 17.9. The lowest BCUT2D eigenvalue weighted by molar-refractivity contribution is -0.709. The largest absolute Gasteiger partial charge is 0.491 e. The molecule has 0 aliphatic heterocycles. The van der Waals surface area contributed by atoms with Gasteiger partial charge in [0.25, 0.3) is 0 Å². The van der Waals surface area contributed by atoms with Crippen molar-refractivity contribution < 1.29 is 27.3 Å². The van der Waals surface area contributed by atoms with E-state index < -0.39 is 12.1 Å². The Bertz CT molecular complexity index is 1360. The standard InChI is InChI=1S/C21H15ClF3N7O2S/c1-32-18(35-15-7-6-12(22)9-26-15)16(27-20(32)34-19(33)21(23,24)25)11-4-2-10(3-5-11)13-8-14(13)17-28-30-31-29-17/h2-7,9,13-14H,8H2,1H3,(H,28,29,30,31)/p+1/t13-,14+/m1/s1. The Labute approximate surface area is 205 Å². The molecular weight excluding hydrogens is 507 g/mol. The van der Waals surface area contributed by atoms with Crippen LogP contribution in [-0.4, -0.2) is 42.7 Å². The number of aromatic nitrogens is 7. The number of halogens is 4. The van der Waals surface area contributed by atoms with E-state index in [9.17, 15) is 18.0 Å². The molecule has 2 atom stereocenters.